The van der Waals surface area contributed by atoms with Crippen LogP contribution in [0, 0.1) is 25.2 Å². The fraction of sp³-hybridized carbons (Fsp3) is 0.476. The molecule has 148 valence electrons. The Bertz CT molecular complexity index is 875. The summed E-state index contributed by atoms with van der Waals surface area (Å²) in [7, 11) is 0. The molecule has 0 aliphatic carbocycles. The summed E-state index contributed by atoms with van der Waals surface area (Å²) < 4.78 is 1.86. The Kier molecular flexibility index (Phi) is 6.19. The standard InChI is InChI=1S/C21H27N5O2/c1-16-18(17(2)26(23-16)11-5-10-22)8-9-21(28)25-14-12-24(13-15-25)19-6-3-4-7-20(19)27/h3-4,6-7,27H,5,8-9,11-15H2,1-2H3. The quantitative estimate of drug-likeness (QED) is 0.830. The fourth-order valence-electron chi connectivity index (χ4n) is 3.79. The van der Waals surface area contributed by atoms with E-state index < -0.39 is 0 Å². The zero-order chi connectivity index (χ0) is 20.1. The van der Waals surface area contributed by atoms with E-state index in [4.69, 9.17) is 5.26 Å². The van der Waals surface area contributed by atoms with Crippen LogP contribution in [0.3, 0.4) is 0 Å². The van der Waals surface area contributed by atoms with Crippen molar-refractivity contribution in [3.8, 4) is 11.8 Å². The Morgan fingerprint density at radius 3 is 2.61 bits per heavy atom. The molecule has 0 spiro atoms. The molecule has 2 heterocycles. The first-order chi connectivity index (χ1) is 13.5. The summed E-state index contributed by atoms with van der Waals surface area (Å²) in [5, 5.41) is 23.3. The van der Waals surface area contributed by atoms with Crippen molar-refractivity contribution in [1.82, 2.24) is 14.7 Å². The average Bonchev–Trinajstić information content (AvgIpc) is 2.98. The number of nitriles is 1. The number of amides is 1. The molecule has 1 aromatic heterocycles. The number of hydrogen-bond acceptors (Lipinski definition) is 5. The van der Waals surface area contributed by atoms with Gasteiger partial charge in [0.2, 0.25) is 5.91 Å². The van der Waals surface area contributed by atoms with Gasteiger partial charge >= 0.3 is 0 Å². The molecular formula is C21H27N5O2. The van der Waals surface area contributed by atoms with Gasteiger partial charge in [-0.1, -0.05) is 12.1 Å². The molecule has 0 saturated carbocycles. The summed E-state index contributed by atoms with van der Waals surface area (Å²) in [6.45, 7) is 7.30. The van der Waals surface area contributed by atoms with Crippen molar-refractivity contribution in [3.05, 3.63) is 41.2 Å². The van der Waals surface area contributed by atoms with Crippen LogP contribution in [-0.4, -0.2) is 51.9 Å². The van der Waals surface area contributed by atoms with E-state index in [1.54, 1.807) is 6.07 Å². The van der Waals surface area contributed by atoms with Gasteiger partial charge in [-0.25, -0.2) is 0 Å². The molecule has 0 radical (unpaired) electrons. The molecule has 1 aromatic carbocycles. The lowest BCUT2D eigenvalue weighted by Gasteiger charge is -2.36. The van der Waals surface area contributed by atoms with Crippen molar-refractivity contribution in [2.24, 2.45) is 0 Å². The highest BCUT2D eigenvalue weighted by molar-refractivity contribution is 5.77. The van der Waals surface area contributed by atoms with Gasteiger partial charge in [-0.05, 0) is 38.0 Å². The molecule has 1 amide bonds. The molecule has 2 aromatic rings. The number of carbonyl (C=O) groups excluding carboxylic acids is 1. The van der Waals surface area contributed by atoms with Crippen molar-refractivity contribution in [2.45, 2.75) is 39.7 Å². The third kappa shape index (κ3) is 4.28. The van der Waals surface area contributed by atoms with Crippen molar-refractivity contribution in [2.75, 3.05) is 31.1 Å². The molecule has 7 heteroatoms. The van der Waals surface area contributed by atoms with Gasteiger partial charge in [-0.2, -0.15) is 10.4 Å². The highest BCUT2D eigenvalue weighted by Crippen LogP contribution is 2.27. The molecule has 0 bridgehead atoms. The maximum absolute atomic E-state index is 12.7. The van der Waals surface area contributed by atoms with Gasteiger partial charge in [0.15, 0.2) is 0 Å². The number of piperazine rings is 1. The zero-order valence-corrected chi connectivity index (χ0v) is 16.6. The van der Waals surface area contributed by atoms with E-state index in [1.165, 1.54) is 0 Å². The summed E-state index contributed by atoms with van der Waals surface area (Å²) in [6.07, 6.45) is 1.56. The normalized spacial score (nSPS) is 14.2. The predicted octanol–water partition coefficient (Wildman–Crippen LogP) is 2.40. The number of phenols is 1. The second kappa shape index (κ2) is 8.79. The minimum atomic E-state index is 0.153. The lowest BCUT2D eigenvalue weighted by molar-refractivity contribution is -0.131. The molecule has 1 saturated heterocycles. The fourth-order valence-corrected chi connectivity index (χ4v) is 3.79. The van der Waals surface area contributed by atoms with Crippen LogP contribution < -0.4 is 4.90 Å². The third-order valence-corrected chi connectivity index (χ3v) is 5.41. The van der Waals surface area contributed by atoms with Crippen LogP contribution in [0.25, 0.3) is 0 Å². The molecule has 0 unspecified atom stereocenters. The van der Waals surface area contributed by atoms with E-state index in [0.29, 0.717) is 52.0 Å². The summed E-state index contributed by atoms with van der Waals surface area (Å²) in [5.74, 6) is 0.433. The number of aryl methyl sites for hydroxylation is 2. The average molecular weight is 381 g/mol. The van der Waals surface area contributed by atoms with E-state index >= 15 is 0 Å². The molecule has 28 heavy (non-hydrogen) atoms. The second-order valence-electron chi connectivity index (χ2n) is 7.14. The third-order valence-electron chi connectivity index (χ3n) is 5.41. The van der Waals surface area contributed by atoms with Crippen LogP contribution in [0.5, 0.6) is 5.75 Å². The second-order valence-corrected chi connectivity index (χ2v) is 7.14. The van der Waals surface area contributed by atoms with Gasteiger partial charge in [0.1, 0.15) is 5.75 Å². The van der Waals surface area contributed by atoms with Crippen molar-refractivity contribution >= 4 is 11.6 Å². The minimum Gasteiger partial charge on any atom is -0.506 e. The molecule has 1 fully saturated rings. The Hall–Kier alpha value is -3.01. The Morgan fingerprint density at radius 2 is 1.93 bits per heavy atom. The van der Waals surface area contributed by atoms with Gasteiger partial charge in [0.25, 0.3) is 0 Å². The van der Waals surface area contributed by atoms with E-state index in [0.717, 1.165) is 22.6 Å². The van der Waals surface area contributed by atoms with Crippen molar-refractivity contribution in [1.29, 1.82) is 5.26 Å². The van der Waals surface area contributed by atoms with Crippen LogP contribution in [0.1, 0.15) is 29.8 Å². The molecule has 3 rings (SSSR count). The summed E-state index contributed by atoms with van der Waals surface area (Å²) in [4.78, 5) is 16.7. The first-order valence-corrected chi connectivity index (χ1v) is 9.71. The van der Waals surface area contributed by atoms with Crippen LogP contribution in [-0.2, 0) is 17.8 Å². The van der Waals surface area contributed by atoms with Gasteiger partial charge in [-0.15, -0.1) is 0 Å². The minimum absolute atomic E-state index is 0.153. The highest BCUT2D eigenvalue weighted by Gasteiger charge is 2.23. The number of hydrogen-bond donors (Lipinski definition) is 1. The summed E-state index contributed by atoms with van der Waals surface area (Å²) >= 11 is 0. The molecule has 0 atom stereocenters. The molecule has 7 nitrogen and oxygen atoms in total. The number of nitrogens with zero attached hydrogens (tertiary/aromatic N) is 5. The summed E-state index contributed by atoms with van der Waals surface area (Å²) in [5.41, 5.74) is 3.92. The van der Waals surface area contributed by atoms with Gasteiger partial charge in [0, 0.05) is 38.3 Å². The number of benzene rings is 1. The van der Waals surface area contributed by atoms with E-state index in [9.17, 15) is 9.90 Å². The molecule has 1 N–H and O–H groups in total. The largest absolute Gasteiger partial charge is 0.506 e. The maximum Gasteiger partial charge on any atom is 0.223 e. The lowest BCUT2D eigenvalue weighted by Crippen LogP contribution is -2.48. The van der Waals surface area contributed by atoms with Gasteiger partial charge in [0.05, 0.1) is 30.4 Å². The molecule has 1 aliphatic heterocycles. The number of aromatic hydroxyl groups is 1. The van der Waals surface area contributed by atoms with Crippen LogP contribution >= 0.6 is 0 Å². The Labute approximate surface area is 165 Å². The lowest BCUT2D eigenvalue weighted by atomic mass is 10.1. The van der Waals surface area contributed by atoms with E-state index in [2.05, 4.69) is 16.1 Å². The predicted molar refractivity (Wildman–Crippen MR) is 107 cm³/mol. The van der Waals surface area contributed by atoms with Crippen molar-refractivity contribution < 1.29 is 9.90 Å². The van der Waals surface area contributed by atoms with Crippen LogP contribution in [0.4, 0.5) is 5.69 Å². The number of anilines is 1. The molecular weight excluding hydrogens is 354 g/mol. The number of aromatic nitrogens is 2. The van der Waals surface area contributed by atoms with Gasteiger partial charge in [-0.3, -0.25) is 9.48 Å². The van der Waals surface area contributed by atoms with Crippen molar-refractivity contribution in [3.63, 3.8) is 0 Å². The smallest absolute Gasteiger partial charge is 0.223 e. The van der Waals surface area contributed by atoms with Crippen LogP contribution in [0.15, 0.2) is 24.3 Å². The first kappa shape index (κ1) is 19.7. The SMILES string of the molecule is Cc1nn(CCC#N)c(C)c1CCC(=O)N1CCN(c2ccccc2O)CC1. The van der Waals surface area contributed by atoms with Crippen LogP contribution in [0.2, 0.25) is 0 Å². The molecule has 1 aliphatic rings. The number of carbonyl (C=O) groups is 1. The number of rotatable bonds is 6. The topological polar surface area (TPSA) is 85.4 Å². The number of para-hydroxylation sites is 2. The first-order valence-electron chi connectivity index (χ1n) is 9.71. The van der Waals surface area contributed by atoms with E-state index in [-0.39, 0.29) is 11.7 Å². The highest BCUT2D eigenvalue weighted by atomic mass is 16.3. The Morgan fingerprint density at radius 1 is 1.21 bits per heavy atom. The monoisotopic (exact) mass is 381 g/mol. The number of phenolic OH excluding ortho intramolecular Hbond substituents is 1. The zero-order valence-electron chi connectivity index (χ0n) is 16.6. The van der Waals surface area contributed by atoms with Gasteiger partial charge < -0.3 is 14.9 Å². The van der Waals surface area contributed by atoms with E-state index in [1.807, 2.05) is 41.6 Å². The Balaban J connectivity index is 1.54. The maximum atomic E-state index is 12.7. The summed E-state index contributed by atoms with van der Waals surface area (Å²) in [6, 6.07) is 9.46.